The molecule has 0 aliphatic heterocycles. The summed E-state index contributed by atoms with van der Waals surface area (Å²) < 4.78 is 0. The highest BCUT2D eigenvalue weighted by Gasteiger charge is 2.05. The van der Waals surface area contributed by atoms with Gasteiger partial charge >= 0.3 is 5.97 Å². The Labute approximate surface area is 109 Å². The fraction of sp³-hybridized carbons (Fsp3) is 0.250. The quantitative estimate of drug-likeness (QED) is 0.768. The van der Waals surface area contributed by atoms with E-state index in [1.165, 1.54) is 11.8 Å². The number of hydrogen-bond donors (Lipinski definition) is 2. The second-order valence-electron chi connectivity index (χ2n) is 3.41. The predicted molar refractivity (Wildman–Crippen MR) is 68.3 cm³/mol. The van der Waals surface area contributed by atoms with Crippen LogP contribution in [0.2, 0.25) is 0 Å². The summed E-state index contributed by atoms with van der Waals surface area (Å²) in [6, 6.07) is 9.07. The Hall–Kier alpha value is -2.00. The average molecular weight is 264 g/mol. The van der Waals surface area contributed by atoms with Crippen molar-refractivity contribution in [3.63, 3.8) is 0 Å². The maximum atomic E-state index is 11.4. The number of carbonyl (C=O) groups excluding carboxylic acids is 1. The van der Waals surface area contributed by atoms with Crippen molar-refractivity contribution in [1.29, 1.82) is 5.26 Å². The van der Waals surface area contributed by atoms with Crippen LogP contribution in [-0.4, -0.2) is 22.7 Å². The molecule has 0 radical (unpaired) electrons. The molecule has 1 rings (SSSR count). The second kappa shape index (κ2) is 7.35. The van der Waals surface area contributed by atoms with Crippen LogP contribution >= 0.6 is 11.8 Å². The minimum atomic E-state index is -0.992. The fourth-order valence-electron chi connectivity index (χ4n) is 1.19. The van der Waals surface area contributed by atoms with Gasteiger partial charge in [-0.2, -0.15) is 5.26 Å². The van der Waals surface area contributed by atoms with E-state index in [1.807, 2.05) is 6.07 Å². The number of carboxylic acids is 1. The van der Waals surface area contributed by atoms with E-state index in [-0.39, 0.29) is 18.7 Å². The van der Waals surface area contributed by atoms with E-state index < -0.39 is 5.97 Å². The number of carboxylic acid groups (broad SMARTS) is 1. The number of anilines is 1. The monoisotopic (exact) mass is 264 g/mol. The minimum absolute atomic E-state index is 0.0414. The Kier molecular flexibility index (Phi) is 5.74. The van der Waals surface area contributed by atoms with Crippen molar-refractivity contribution in [3.05, 3.63) is 24.3 Å². The average Bonchev–Trinajstić information content (AvgIpc) is 2.35. The first-order chi connectivity index (χ1) is 8.61. The van der Waals surface area contributed by atoms with Gasteiger partial charge in [0.2, 0.25) is 5.91 Å². The van der Waals surface area contributed by atoms with Crippen molar-refractivity contribution in [1.82, 2.24) is 0 Å². The van der Waals surface area contributed by atoms with Gasteiger partial charge in [-0.3, -0.25) is 9.59 Å². The fourth-order valence-corrected chi connectivity index (χ4v) is 1.75. The van der Waals surface area contributed by atoms with E-state index in [0.29, 0.717) is 11.4 Å². The molecule has 2 N–H and O–H groups in total. The summed E-state index contributed by atoms with van der Waals surface area (Å²) in [6.07, 6.45) is -0.220. The molecule has 0 aromatic heterocycles. The lowest BCUT2D eigenvalue weighted by Crippen LogP contribution is -2.12. The maximum Gasteiger partial charge on any atom is 0.303 e. The van der Waals surface area contributed by atoms with Crippen LogP contribution in [0.25, 0.3) is 0 Å². The van der Waals surface area contributed by atoms with Crippen LogP contribution in [0.3, 0.4) is 0 Å². The SMILES string of the molecule is N#CCSc1ccc(NC(=O)CCC(=O)O)cc1. The molecule has 18 heavy (non-hydrogen) atoms. The molecule has 0 fully saturated rings. The van der Waals surface area contributed by atoms with Crippen LogP contribution < -0.4 is 5.32 Å². The van der Waals surface area contributed by atoms with Gasteiger partial charge in [0.05, 0.1) is 18.2 Å². The first-order valence-electron chi connectivity index (χ1n) is 5.23. The Bertz CT molecular complexity index is 465. The van der Waals surface area contributed by atoms with Gasteiger partial charge < -0.3 is 10.4 Å². The number of benzene rings is 1. The molecule has 0 heterocycles. The molecule has 0 atom stereocenters. The lowest BCUT2D eigenvalue weighted by atomic mass is 10.2. The highest BCUT2D eigenvalue weighted by molar-refractivity contribution is 7.99. The molecule has 1 aromatic carbocycles. The van der Waals surface area contributed by atoms with Crippen molar-refractivity contribution in [3.8, 4) is 6.07 Å². The topological polar surface area (TPSA) is 90.2 Å². The summed E-state index contributed by atoms with van der Waals surface area (Å²) in [4.78, 5) is 22.6. The summed E-state index contributed by atoms with van der Waals surface area (Å²) in [5, 5.41) is 19.5. The number of carbonyl (C=O) groups is 2. The number of nitrogens with zero attached hydrogens (tertiary/aromatic N) is 1. The number of aliphatic carboxylic acids is 1. The van der Waals surface area contributed by atoms with Crippen LogP contribution in [0, 0.1) is 11.3 Å². The largest absolute Gasteiger partial charge is 0.481 e. The summed E-state index contributed by atoms with van der Waals surface area (Å²) in [5.74, 6) is -0.937. The second-order valence-corrected chi connectivity index (χ2v) is 4.46. The van der Waals surface area contributed by atoms with Crippen LogP contribution in [0.1, 0.15) is 12.8 Å². The number of nitriles is 1. The van der Waals surface area contributed by atoms with Gasteiger partial charge in [-0.1, -0.05) is 0 Å². The summed E-state index contributed by atoms with van der Waals surface area (Å²) in [6.45, 7) is 0. The smallest absolute Gasteiger partial charge is 0.303 e. The van der Waals surface area contributed by atoms with E-state index in [2.05, 4.69) is 5.32 Å². The molecule has 0 bridgehead atoms. The molecule has 0 saturated carbocycles. The molecular weight excluding hydrogens is 252 g/mol. The number of amides is 1. The molecule has 1 amide bonds. The van der Waals surface area contributed by atoms with Crippen molar-refractivity contribution >= 4 is 29.3 Å². The van der Waals surface area contributed by atoms with E-state index in [4.69, 9.17) is 10.4 Å². The minimum Gasteiger partial charge on any atom is -0.481 e. The van der Waals surface area contributed by atoms with Gasteiger partial charge in [-0.15, -0.1) is 11.8 Å². The zero-order valence-electron chi connectivity index (χ0n) is 9.55. The Morgan fingerprint density at radius 3 is 2.50 bits per heavy atom. The molecule has 0 spiro atoms. The molecular formula is C12H12N2O3S. The van der Waals surface area contributed by atoms with Gasteiger partial charge in [0, 0.05) is 17.0 Å². The molecule has 94 valence electrons. The summed E-state index contributed by atoms with van der Waals surface area (Å²) in [7, 11) is 0. The number of hydrogen-bond acceptors (Lipinski definition) is 4. The molecule has 0 unspecified atom stereocenters. The van der Waals surface area contributed by atoms with E-state index in [0.717, 1.165) is 4.90 Å². The summed E-state index contributed by atoms with van der Waals surface area (Å²) >= 11 is 1.41. The highest BCUT2D eigenvalue weighted by Crippen LogP contribution is 2.19. The zero-order chi connectivity index (χ0) is 13.4. The van der Waals surface area contributed by atoms with Crippen molar-refractivity contribution < 1.29 is 14.7 Å². The maximum absolute atomic E-state index is 11.4. The van der Waals surface area contributed by atoms with Crippen LogP contribution in [0.15, 0.2) is 29.2 Å². The molecule has 5 nitrogen and oxygen atoms in total. The Balaban J connectivity index is 2.45. The van der Waals surface area contributed by atoms with Gasteiger partial charge in [-0.05, 0) is 24.3 Å². The van der Waals surface area contributed by atoms with Crippen molar-refractivity contribution in [2.75, 3.05) is 11.1 Å². The third-order valence-corrected chi connectivity index (χ3v) is 2.89. The lowest BCUT2D eigenvalue weighted by molar-refractivity contribution is -0.138. The Morgan fingerprint density at radius 1 is 1.28 bits per heavy atom. The first-order valence-corrected chi connectivity index (χ1v) is 6.22. The van der Waals surface area contributed by atoms with E-state index in [9.17, 15) is 9.59 Å². The van der Waals surface area contributed by atoms with Crippen molar-refractivity contribution in [2.45, 2.75) is 17.7 Å². The zero-order valence-corrected chi connectivity index (χ0v) is 10.4. The summed E-state index contributed by atoms with van der Waals surface area (Å²) in [5.41, 5.74) is 0.617. The molecule has 0 aliphatic rings. The third kappa shape index (κ3) is 5.37. The molecule has 0 aliphatic carbocycles. The van der Waals surface area contributed by atoms with Crippen molar-refractivity contribution in [2.24, 2.45) is 0 Å². The van der Waals surface area contributed by atoms with Gasteiger partial charge in [-0.25, -0.2) is 0 Å². The van der Waals surface area contributed by atoms with Crippen LogP contribution in [0.5, 0.6) is 0 Å². The Morgan fingerprint density at radius 2 is 1.94 bits per heavy atom. The number of nitrogens with one attached hydrogen (secondary N) is 1. The third-order valence-electron chi connectivity index (χ3n) is 2.01. The van der Waals surface area contributed by atoms with Gasteiger partial charge in [0.15, 0.2) is 0 Å². The standard InChI is InChI=1S/C12H12N2O3S/c13-7-8-18-10-3-1-9(2-4-10)14-11(15)5-6-12(16)17/h1-4H,5-6,8H2,(H,14,15)(H,16,17). The van der Waals surface area contributed by atoms with Crippen LogP contribution in [-0.2, 0) is 9.59 Å². The van der Waals surface area contributed by atoms with Gasteiger partial charge in [0.1, 0.15) is 0 Å². The normalized spacial score (nSPS) is 9.50. The number of thioether (sulfide) groups is 1. The molecule has 6 heteroatoms. The van der Waals surface area contributed by atoms with E-state index in [1.54, 1.807) is 24.3 Å². The number of rotatable bonds is 6. The molecule has 0 saturated heterocycles. The van der Waals surface area contributed by atoms with E-state index >= 15 is 0 Å². The predicted octanol–water partition coefficient (Wildman–Crippen LogP) is 2.11. The first kappa shape index (κ1) is 14.1. The molecule has 1 aromatic rings. The highest BCUT2D eigenvalue weighted by atomic mass is 32.2. The van der Waals surface area contributed by atoms with Crippen LogP contribution in [0.4, 0.5) is 5.69 Å². The lowest BCUT2D eigenvalue weighted by Gasteiger charge is -2.05. The van der Waals surface area contributed by atoms with Gasteiger partial charge in [0.25, 0.3) is 0 Å².